The largest absolute Gasteiger partial charge is 0.507 e. The molecule has 1 aliphatic heterocycles. The van der Waals surface area contributed by atoms with Gasteiger partial charge in [-0.05, 0) is 72.9 Å². The van der Waals surface area contributed by atoms with Crippen LogP contribution in [0.3, 0.4) is 0 Å². The van der Waals surface area contributed by atoms with E-state index in [4.69, 9.17) is 14.2 Å². The molecule has 1 amide bonds. The first-order valence-electron chi connectivity index (χ1n) is 13.0. The predicted octanol–water partition coefficient (Wildman–Crippen LogP) is 5.45. The number of carbonyl (C=O) groups excluding carboxylic acids is 2. The summed E-state index contributed by atoms with van der Waals surface area (Å²) in [5.74, 6) is 0.335. The van der Waals surface area contributed by atoms with E-state index < -0.39 is 17.7 Å². The molecule has 0 bridgehead atoms. The summed E-state index contributed by atoms with van der Waals surface area (Å²) in [5.41, 5.74) is 2.54. The maximum Gasteiger partial charge on any atom is 0.295 e. The number of carbonyl (C=O) groups is 2. The van der Waals surface area contributed by atoms with Crippen LogP contribution in [0.2, 0.25) is 0 Å². The lowest BCUT2D eigenvalue weighted by Crippen LogP contribution is -2.29. The molecule has 2 heterocycles. The van der Waals surface area contributed by atoms with Crippen molar-refractivity contribution in [3.8, 4) is 17.2 Å². The first kappa shape index (κ1) is 27.7. The lowest BCUT2D eigenvalue weighted by molar-refractivity contribution is -0.140. The van der Waals surface area contributed by atoms with Crippen LogP contribution in [-0.2, 0) is 16.1 Å². The number of benzene rings is 2. The summed E-state index contributed by atoms with van der Waals surface area (Å²) in [7, 11) is 1.53. The van der Waals surface area contributed by atoms with Crippen molar-refractivity contribution in [2.45, 2.75) is 40.3 Å². The van der Waals surface area contributed by atoms with Crippen LogP contribution in [0, 0.1) is 12.8 Å². The first-order valence-corrected chi connectivity index (χ1v) is 13.0. The van der Waals surface area contributed by atoms with E-state index in [9.17, 15) is 14.7 Å². The van der Waals surface area contributed by atoms with Crippen molar-refractivity contribution in [3.05, 3.63) is 88.8 Å². The molecule has 2 aromatic carbocycles. The highest BCUT2D eigenvalue weighted by molar-refractivity contribution is 6.46. The van der Waals surface area contributed by atoms with Gasteiger partial charge in [0.2, 0.25) is 0 Å². The van der Waals surface area contributed by atoms with Gasteiger partial charge in [-0.3, -0.25) is 14.6 Å². The number of aromatic nitrogens is 1. The quantitative estimate of drug-likeness (QED) is 0.211. The molecule has 0 radical (unpaired) electrons. The SMILES string of the molecule is CCOc1ccc(C2/C(=C(\O)c3ccc(OCC(C)C)cc3C)C(=O)C(=O)N2Cc2cccnc2)cc1OC. The average molecular weight is 531 g/mol. The monoisotopic (exact) mass is 530 g/mol. The Morgan fingerprint density at radius 1 is 1.08 bits per heavy atom. The van der Waals surface area contributed by atoms with Crippen molar-refractivity contribution in [3.63, 3.8) is 0 Å². The number of Topliss-reactive ketones (excluding diaryl/α,β-unsaturated/α-hetero) is 1. The Hall–Kier alpha value is -4.33. The number of hydrogen-bond donors (Lipinski definition) is 1. The number of nitrogens with zero attached hydrogens (tertiary/aromatic N) is 2. The van der Waals surface area contributed by atoms with Crippen LogP contribution in [0.25, 0.3) is 5.76 Å². The zero-order chi connectivity index (χ0) is 28.1. The Balaban J connectivity index is 1.84. The van der Waals surface area contributed by atoms with E-state index in [-0.39, 0.29) is 17.9 Å². The maximum absolute atomic E-state index is 13.5. The first-order chi connectivity index (χ1) is 18.7. The molecule has 4 rings (SSSR count). The minimum Gasteiger partial charge on any atom is -0.507 e. The Morgan fingerprint density at radius 2 is 1.87 bits per heavy atom. The van der Waals surface area contributed by atoms with E-state index in [0.717, 1.165) is 11.1 Å². The van der Waals surface area contributed by atoms with Gasteiger partial charge < -0.3 is 24.2 Å². The van der Waals surface area contributed by atoms with Crippen LogP contribution in [0.1, 0.15) is 49.1 Å². The summed E-state index contributed by atoms with van der Waals surface area (Å²) in [6.07, 6.45) is 3.29. The molecule has 0 spiro atoms. The molecule has 8 nitrogen and oxygen atoms in total. The molecular formula is C31H34N2O6. The highest BCUT2D eigenvalue weighted by Gasteiger charge is 2.46. The molecule has 1 aliphatic rings. The Kier molecular flexibility index (Phi) is 8.54. The molecule has 1 fully saturated rings. The second-order valence-electron chi connectivity index (χ2n) is 9.81. The maximum atomic E-state index is 13.5. The van der Waals surface area contributed by atoms with Gasteiger partial charge in [0.25, 0.3) is 11.7 Å². The fourth-order valence-electron chi connectivity index (χ4n) is 4.61. The van der Waals surface area contributed by atoms with Crippen molar-refractivity contribution in [1.29, 1.82) is 0 Å². The minimum atomic E-state index is -0.856. The Bertz CT molecular complexity index is 1380. The zero-order valence-corrected chi connectivity index (χ0v) is 22.9. The molecule has 39 heavy (non-hydrogen) atoms. The third-order valence-electron chi connectivity index (χ3n) is 6.46. The van der Waals surface area contributed by atoms with Gasteiger partial charge in [-0.2, -0.15) is 0 Å². The third kappa shape index (κ3) is 5.90. The smallest absolute Gasteiger partial charge is 0.295 e. The predicted molar refractivity (Wildman–Crippen MR) is 148 cm³/mol. The molecule has 1 aromatic heterocycles. The van der Waals surface area contributed by atoms with Crippen molar-refractivity contribution < 1.29 is 28.9 Å². The van der Waals surface area contributed by atoms with E-state index in [1.165, 1.54) is 12.0 Å². The molecule has 204 valence electrons. The van der Waals surface area contributed by atoms with Gasteiger partial charge in [0.05, 0.1) is 31.9 Å². The molecule has 1 atom stereocenters. The van der Waals surface area contributed by atoms with E-state index >= 15 is 0 Å². The van der Waals surface area contributed by atoms with E-state index in [1.54, 1.807) is 48.8 Å². The number of methoxy groups -OCH3 is 1. The normalized spacial score (nSPS) is 16.6. The van der Waals surface area contributed by atoms with Gasteiger partial charge in [-0.25, -0.2) is 0 Å². The zero-order valence-electron chi connectivity index (χ0n) is 22.9. The fraction of sp³-hybridized carbons (Fsp3) is 0.323. The average Bonchev–Trinajstić information content (AvgIpc) is 3.17. The van der Waals surface area contributed by atoms with E-state index in [2.05, 4.69) is 18.8 Å². The third-order valence-corrected chi connectivity index (χ3v) is 6.46. The van der Waals surface area contributed by atoms with Crippen molar-refractivity contribution >= 4 is 17.4 Å². The second kappa shape index (κ2) is 12.0. The number of aliphatic hydroxyl groups excluding tert-OH is 1. The van der Waals surface area contributed by atoms with Gasteiger partial charge in [0, 0.05) is 24.5 Å². The van der Waals surface area contributed by atoms with Crippen molar-refractivity contribution in [2.75, 3.05) is 20.3 Å². The number of amides is 1. The number of aryl methyl sites for hydroxylation is 1. The van der Waals surface area contributed by atoms with Gasteiger partial charge in [0.15, 0.2) is 11.5 Å². The summed E-state index contributed by atoms with van der Waals surface area (Å²) < 4.78 is 17.0. The molecule has 8 heteroatoms. The second-order valence-corrected chi connectivity index (χ2v) is 9.81. The standard InChI is InChI=1S/C31H34N2O6/c1-6-38-25-12-9-22(15-26(25)37-5)28-27(30(35)31(36)33(28)17-21-8-7-13-32-16-21)29(34)24-11-10-23(14-20(24)4)39-18-19(2)3/h7-16,19,28,34H,6,17-18H2,1-5H3/b29-27+. The Morgan fingerprint density at radius 3 is 2.51 bits per heavy atom. The van der Waals surface area contributed by atoms with Gasteiger partial charge >= 0.3 is 0 Å². The minimum absolute atomic E-state index is 0.00838. The lowest BCUT2D eigenvalue weighted by atomic mass is 9.93. The van der Waals surface area contributed by atoms with Gasteiger partial charge in [-0.15, -0.1) is 0 Å². The molecule has 0 saturated carbocycles. The van der Waals surface area contributed by atoms with Crippen molar-refractivity contribution in [1.82, 2.24) is 9.88 Å². The molecule has 1 N–H and O–H groups in total. The highest BCUT2D eigenvalue weighted by Crippen LogP contribution is 2.43. The van der Waals surface area contributed by atoms with Crippen molar-refractivity contribution in [2.24, 2.45) is 5.92 Å². The molecule has 3 aromatic rings. The van der Waals surface area contributed by atoms with Gasteiger partial charge in [-0.1, -0.05) is 26.0 Å². The number of likely N-dealkylation sites (tertiary alicyclic amines) is 1. The summed E-state index contributed by atoms with van der Waals surface area (Å²) >= 11 is 0. The van der Waals surface area contributed by atoms with Crippen LogP contribution in [0.15, 0.2) is 66.5 Å². The summed E-state index contributed by atoms with van der Waals surface area (Å²) in [6.45, 7) is 8.97. The molecular weight excluding hydrogens is 496 g/mol. The number of ether oxygens (including phenoxy) is 3. The number of aliphatic hydroxyl groups is 1. The summed E-state index contributed by atoms with van der Waals surface area (Å²) in [4.78, 5) is 32.5. The molecule has 1 unspecified atom stereocenters. The summed E-state index contributed by atoms with van der Waals surface area (Å²) in [5, 5.41) is 11.6. The lowest BCUT2D eigenvalue weighted by Gasteiger charge is -2.26. The van der Waals surface area contributed by atoms with E-state index in [0.29, 0.717) is 47.5 Å². The van der Waals surface area contributed by atoms with Crippen LogP contribution >= 0.6 is 0 Å². The summed E-state index contributed by atoms with van der Waals surface area (Å²) in [6, 6.07) is 13.3. The number of pyridine rings is 1. The van der Waals surface area contributed by atoms with Crippen LogP contribution in [-0.4, -0.2) is 47.0 Å². The highest BCUT2D eigenvalue weighted by atomic mass is 16.5. The van der Waals surface area contributed by atoms with E-state index in [1.807, 2.05) is 26.0 Å². The number of hydrogen-bond acceptors (Lipinski definition) is 7. The van der Waals surface area contributed by atoms with Gasteiger partial charge in [0.1, 0.15) is 11.5 Å². The molecule has 0 aliphatic carbocycles. The number of ketones is 1. The van der Waals surface area contributed by atoms with Crippen LogP contribution < -0.4 is 14.2 Å². The van der Waals surface area contributed by atoms with Crippen LogP contribution in [0.4, 0.5) is 0 Å². The topological polar surface area (TPSA) is 98.2 Å². The molecule has 1 saturated heterocycles. The number of rotatable bonds is 10. The van der Waals surface area contributed by atoms with Crippen LogP contribution in [0.5, 0.6) is 17.2 Å². The fourth-order valence-corrected chi connectivity index (χ4v) is 4.61. The Labute approximate surface area is 228 Å².